The molecule has 5 nitrogen and oxygen atoms in total. The molecular weight excluding hydrogens is 312 g/mol. The molecule has 3 rings (SSSR count). The minimum absolute atomic E-state index is 0.169. The predicted octanol–water partition coefficient (Wildman–Crippen LogP) is 2.61. The molecule has 1 fully saturated rings. The van der Waals surface area contributed by atoms with Crippen molar-refractivity contribution in [3.8, 4) is 0 Å². The van der Waals surface area contributed by atoms with Crippen LogP contribution in [-0.4, -0.2) is 40.0 Å². The zero-order chi connectivity index (χ0) is 17.5. The van der Waals surface area contributed by atoms with E-state index < -0.39 is 0 Å². The molecule has 1 N–H and O–H groups in total. The van der Waals surface area contributed by atoms with Gasteiger partial charge in [0.25, 0.3) is 0 Å². The summed E-state index contributed by atoms with van der Waals surface area (Å²) in [5.41, 5.74) is 2.65. The van der Waals surface area contributed by atoms with Gasteiger partial charge in [0.1, 0.15) is 0 Å². The number of hydrogen-bond acceptors (Lipinski definition) is 3. The Labute approximate surface area is 150 Å². The average molecular weight is 340 g/mol. The lowest BCUT2D eigenvalue weighted by Crippen LogP contribution is -2.40. The number of hydrogen-bond donors (Lipinski definition) is 1. The Morgan fingerprint density at radius 3 is 2.68 bits per heavy atom. The summed E-state index contributed by atoms with van der Waals surface area (Å²) in [4.78, 5) is 18.8. The molecule has 5 heteroatoms. The van der Waals surface area contributed by atoms with E-state index in [-0.39, 0.29) is 11.8 Å². The standard InChI is InChI=1S/C20H28N4O/c1-17-3-5-18(6-4-17)15-23-12-7-19(8-13-23)20(25)22-9-2-11-24-14-10-21-16-24/h3-6,10,14,16,19H,2,7-9,11-13,15H2,1H3,(H,22,25). The number of nitrogens with one attached hydrogen (secondary N) is 1. The average Bonchev–Trinajstić information content (AvgIpc) is 3.15. The summed E-state index contributed by atoms with van der Waals surface area (Å²) >= 11 is 0. The number of amides is 1. The first-order valence-corrected chi connectivity index (χ1v) is 9.22. The van der Waals surface area contributed by atoms with Crippen molar-refractivity contribution in [3.05, 3.63) is 54.1 Å². The largest absolute Gasteiger partial charge is 0.356 e. The van der Waals surface area contributed by atoms with Crippen molar-refractivity contribution in [2.45, 2.75) is 39.3 Å². The highest BCUT2D eigenvalue weighted by Gasteiger charge is 2.24. The highest BCUT2D eigenvalue weighted by molar-refractivity contribution is 5.78. The lowest BCUT2D eigenvalue weighted by atomic mass is 9.95. The number of piperidine rings is 1. The maximum absolute atomic E-state index is 12.3. The van der Waals surface area contributed by atoms with Gasteiger partial charge in [0.2, 0.25) is 5.91 Å². The molecule has 0 spiro atoms. The van der Waals surface area contributed by atoms with Crippen molar-refractivity contribution >= 4 is 5.91 Å². The van der Waals surface area contributed by atoms with Gasteiger partial charge >= 0.3 is 0 Å². The van der Waals surface area contributed by atoms with E-state index in [9.17, 15) is 4.79 Å². The van der Waals surface area contributed by atoms with Crippen LogP contribution in [0.4, 0.5) is 0 Å². The van der Waals surface area contributed by atoms with Crippen molar-refractivity contribution in [1.82, 2.24) is 19.8 Å². The number of carbonyl (C=O) groups is 1. The van der Waals surface area contributed by atoms with Gasteiger partial charge in [-0.15, -0.1) is 0 Å². The Bertz CT molecular complexity index is 643. The Morgan fingerprint density at radius 1 is 1.24 bits per heavy atom. The molecule has 1 aromatic carbocycles. The van der Waals surface area contributed by atoms with E-state index >= 15 is 0 Å². The van der Waals surface area contributed by atoms with Gasteiger partial charge in [0.05, 0.1) is 6.33 Å². The molecule has 0 radical (unpaired) electrons. The second kappa shape index (κ2) is 8.81. The van der Waals surface area contributed by atoms with Crippen LogP contribution in [0.2, 0.25) is 0 Å². The number of carbonyl (C=O) groups excluding carboxylic acids is 1. The topological polar surface area (TPSA) is 50.2 Å². The highest BCUT2D eigenvalue weighted by Crippen LogP contribution is 2.19. The summed E-state index contributed by atoms with van der Waals surface area (Å²) in [6, 6.07) is 8.74. The fourth-order valence-corrected chi connectivity index (χ4v) is 3.34. The first-order valence-electron chi connectivity index (χ1n) is 9.22. The van der Waals surface area contributed by atoms with E-state index in [4.69, 9.17) is 0 Å². The van der Waals surface area contributed by atoms with E-state index in [1.807, 2.05) is 17.1 Å². The van der Waals surface area contributed by atoms with Crippen LogP contribution < -0.4 is 5.32 Å². The van der Waals surface area contributed by atoms with Gasteiger partial charge in [0.15, 0.2) is 0 Å². The molecule has 0 bridgehead atoms. The molecule has 25 heavy (non-hydrogen) atoms. The minimum Gasteiger partial charge on any atom is -0.356 e. The zero-order valence-electron chi connectivity index (χ0n) is 15.0. The molecule has 1 aromatic heterocycles. The third kappa shape index (κ3) is 5.43. The summed E-state index contributed by atoms with van der Waals surface area (Å²) in [5, 5.41) is 3.09. The lowest BCUT2D eigenvalue weighted by molar-refractivity contribution is -0.126. The number of nitrogens with zero attached hydrogens (tertiary/aromatic N) is 3. The molecule has 2 heterocycles. The third-order valence-corrected chi connectivity index (χ3v) is 4.94. The molecular formula is C20H28N4O. The first kappa shape index (κ1) is 17.7. The Morgan fingerprint density at radius 2 is 2.00 bits per heavy atom. The summed E-state index contributed by atoms with van der Waals surface area (Å²) in [7, 11) is 0. The summed E-state index contributed by atoms with van der Waals surface area (Å²) in [6.07, 6.45) is 8.40. The van der Waals surface area contributed by atoms with Crippen LogP contribution in [0.25, 0.3) is 0 Å². The molecule has 1 aliphatic heterocycles. The quantitative estimate of drug-likeness (QED) is 0.788. The monoisotopic (exact) mass is 340 g/mol. The van der Waals surface area contributed by atoms with Crippen LogP contribution in [0.5, 0.6) is 0 Å². The maximum Gasteiger partial charge on any atom is 0.223 e. The zero-order valence-corrected chi connectivity index (χ0v) is 15.0. The van der Waals surface area contributed by atoms with E-state index in [2.05, 4.69) is 46.4 Å². The number of rotatable bonds is 7. The SMILES string of the molecule is Cc1ccc(CN2CCC(C(=O)NCCCn3ccnc3)CC2)cc1. The Balaban J connectivity index is 1.33. The van der Waals surface area contributed by atoms with Gasteiger partial charge in [-0.1, -0.05) is 29.8 Å². The normalized spacial score (nSPS) is 16.0. The molecule has 134 valence electrons. The van der Waals surface area contributed by atoms with E-state index in [1.54, 1.807) is 6.20 Å². The van der Waals surface area contributed by atoms with Gasteiger partial charge in [-0.05, 0) is 44.8 Å². The van der Waals surface area contributed by atoms with Crippen LogP contribution in [0, 0.1) is 12.8 Å². The molecule has 0 atom stereocenters. The second-order valence-electron chi connectivity index (χ2n) is 6.98. The van der Waals surface area contributed by atoms with Gasteiger partial charge < -0.3 is 9.88 Å². The van der Waals surface area contributed by atoms with Crippen molar-refractivity contribution in [1.29, 1.82) is 0 Å². The smallest absolute Gasteiger partial charge is 0.223 e. The molecule has 1 aliphatic rings. The van der Waals surface area contributed by atoms with E-state index in [1.165, 1.54) is 11.1 Å². The van der Waals surface area contributed by atoms with Gasteiger partial charge in [-0.25, -0.2) is 4.98 Å². The Hall–Kier alpha value is -2.14. The fraction of sp³-hybridized carbons (Fsp3) is 0.500. The molecule has 1 amide bonds. The molecule has 1 saturated heterocycles. The van der Waals surface area contributed by atoms with Gasteiger partial charge in [-0.3, -0.25) is 9.69 Å². The maximum atomic E-state index is 12.3. The van der Waals surface area contributed by atoms with Gasteiger partial charge in [0, 0.05) is 37.9 Å². The molecule has 0 saturated carbocycles. The van der Waals surface area contributed by atoms with Crippen LogP contribution in [0.3, 0.4) is 0 Å². The molecule has 0 aliphatic carbocycles. The fourth-order valence-electron chi connectivity index (χ4n) is 3.34. The highest BCUT2D eigenvalue weighted by atomic mass is 16.1. The predicted molar refractivity (Wildman–Crippen MR) is 99.0 cm³/mol. The van der Waals surface area contributed by atoms with Crippen molar-refractivity contribution in [2.75, 3.05) is 19.6 Å². The molecule has 2 aromatic rings. The van der Waals surface area contributed by atoms with Crippen molar-refractivity contribution in [2.24, 2.45) is 5.92 Å². The van der Waals surface area contributed by atoms with Gasteiger partial charge in [-0.2, -0.15) is 0 Å². The lowest BCUT2D eigenvalue weighted by Gasteiger charge is -2.31. The third-order valence-electron chi connectivity index (χ3n) is 4.94. The summed E-state index contributed by atoms with van der Waals surface area (Å²) in [6.45, 7) is 6.74. The number of aryl methyl sites for hydroxylation is 2. The van der Waals surface area contributed by atoms with E-state index in [0.717, 1.165) is 52.0 Å². The number of imidazole rings is 1. The van der Waals surface area contributed by atoms with E-state index in [0.29, 0.717) is 0 Å². The number of likely N-dealkylation sites (tertiary alicyclic amines) is 1. The van der Waals surface area contributed by atoms with Crippen LogP contribution in [-0.2, 0) is 17.9 Å². The number of benzene rings is 1. The van der Waals surface area contributed by atoms with Crippen LogP contribution >= 0.6 is 0 Å². The van der Waals surface area contributed by atoms with Crippen molar-refractivity contribution < 1.29 is 4.79 Å². The molecule has 0 unspecified atom stereocenters. The van der Waals surface area contributed by atoms with Crippen molar-refractivity contribution in [3.63, 3.8) is 0 Å². The van der Waals surface area contributed by atoms with Crippen LogP contribution in [0.1, 0.15) is 30.4 Å². The second-order valence-corrected chi connectivity index (χ2v) is 6.98. The minimum atomic E-state index is 0.169. The first-order chi connectivity index (χ1) is 12.2. The van der Waals surface area contributed by atoms with Crippen LogP contribution in [0.15, 0.2) is 43.0 Å². The summed E-state index contributed by atoms with van der Waals surface area (Å²) < 4.78 is 2.04. The summed E-state index contributed by atoms with van der Waals surface area (Å²) in [5.74, 6) is 0.392. The number of aromatic nitrogens is 2. The Kier molecular flexibility index (Phi) is 6.23.